The molecule has 0 bridgehead atoms. The summed E-state index contributed by atoms with van der Waals surface area (Å²) in [6.07, 6.45) is 1.60. The van der Waals surface area contributed by atoms with Crippen LogP contribution in [-0.4, -0.2) is 12.3 Å². The Morgan fingerprint density at radius 2 is 1.87 bits per heavy atom. The van der Waals surface area contributed by atoms with Crippen LogP contribution in [-0.2, 0) is 0 Å². The fourth-order valence-corrected chi connectivity index (χ4v) is 5.73. The smallest absolute Gasteiger partial charge is 0.197 e. The molecule has 31 heavy (non-hydrogen) atoms. The molecule has 0 N–H and O–H groups in total. The van der Waals surface area contributed by atoms with Gasteiger partial charge in [0.25, 0.3) is 0 Å². The molecule has 0 spiro atoms. The maximum atomic E-state index is 13.5. The molecular formula is C25H16ClNO3S. The van der Waals surface area contributed by atoms with Gasteiger partial charge in [-0.25, -0.2) is 0 Å². The number of aliphatic imine (C=N–C) groups is 1. The Hall–Kier alpha value is -3.02. The molecule has 2 aliphatic rings. The highest BCUT2D eigenvalue weighted by Crippen LogP contribution is 2.50. The van der Waals surface area contributed by atoms with Crippen molar-refractivity contribution in [2.75, 3.05) is 6.61 Å². The first-order valence-corrected chi connectivity index (χ1v) is 11.2. The lowest BCUT2D eigenvalue weighted by atomic mass is 9.88. The fraction of sp³-hybridized carbons (Fsp3) is 0.120. The third-order valence-electron chi connectivity index (χ3n) is 5.73. The van der Waals surface area contributed by atoms with Gasteiger partial charge in [0.15, 0.2) is 5.43 Å². The van der Waals surface area contributed by atoms with E-state index in [1.165, 1.54) is 0 Å². The summed E-state index contributed by atoms with van der Waals surface area (Å²) in [7, 11) is 0. The average molecular weight is 446 g/mol. The van der Waals surface area contributed by atoms with Crippen molar-refractivity contribution in [3.8, 4) is 5.75 Å². The lowest BCUT2D eigenvalue weighted by Crippen LogP contribution is -2.33. The Morgan fingerprint density at radius 3 is 2.81 bits per heavy atom. The number of para-hydroxylation sites is 2. The van der Waals surface area contributed by atoms with E-state index >= 15 is 0 Å². The van der Waals surface area contributed by atoms with Crippen molar-refractivity contribution >= 4 is 45.7 Å². The molecule has 1 aromatic heterocycles. The summed E-state index contributed by atoms with van der Waals surface area (Å²) in [4.78, 5) is 19.5. The number of hydrogen-bond donors (Lipinski definition) is 0. The van der Waals surface area contributed by atoms with Gasteiger partial charge in [-0.3, -0.25) is 9.79 Å². The van der Waals surface area contributed by atoms with E-state index in [-0.39, 0.29) is 16.6 Å². The summed E-state index contributed by atoms with van der Waals surface area (Å²) in [5.41, 5.74) is 3.83. The molecule has 6 rings (SSSR count). The number of ether oxygens (including phenoxy) is 1. The zero-order valence-electron chi connectivity index (χ0n) is 16.2. The van der Waals surface area contributed by atoms with Crippen LogP contribution in [0.5, 0.6) is 5.75 Å². The minimum Gasteiger partial charge on any atom is -0.492 e. The maximum Gasteiger partial charge on any atom is 0.197 e. The molecule has 6 heteroatoms. The average Bonchev–Trinajstić information content (AvgIpc) is 2.96. The molecule has 0 saturated carbocycles. The molecule has 2 aliphatic heterocycles. The minimum atomic E-state index is -0.213. The van der Waals surface area contributed by atoms with Gasteiger partial charge in [-0.2, -0.15) is 0 Å². The van der Waals surface area contributed by atoms with Crippen molar-refractivity contribution in [2.45, 2.75) is 10.1 Å². The van der Waals surface area contributed by atoms with Gasteiger partial charge in [0.2, 0.25) is 0 Å². The third-order valence-corrected chi connectivity index (χ3v) is 7.40. The summed E-state index contributed by atoms with van der Waals surface area (Å²) in [6.45, 7) is 0.422. The number of rotatable bonds is 1. The summed E-state index contributed by atoms with van der Waals surface area (Å²) >= 11 is 7.94. The van der Waals surface area contributed by atoms with Gasteiger partial charge in [0.05, 0.1) is 40.8 Å². The largest absolute Gasteiger partial charge is 0.492 e. The topological polar surface area (TPSA) is 51.8 Å². The lowest BCUT2D eigenvalue weighted by molar-refractivity contribution is 0.271. The highest BCUT2D eigenvalue weighted by atomic mass is 35.5. The van der Waals surface area contributed by atoms with Gasteiger partial charge >= 0.3 is 0 Å². The lowest BCUT2D eigenvalue weighted by Gasteiger charge is -2.31. The Morgan fingerprint density at radius 1 is 1.03 bits per heavy atom. The monoisotopic (exact) mass is 445 g/mol. The summed E-state index contributed by atoms with van der Waals surface area (Å²) < 4.78 is 12.0. The van der Waals surface area contributed by atoms with Crippen LogP contribution >= 0.6 is 23.4 Å². The molecule has 4 aromatic rings. The van der Waals surface area contributed by atoms with Gasteiger partial charge in [0, 0.05) is 21.0 Å². The normalized spacial score (nSPS) is 19.5. The molecule has 152 valence electrons. The van der Waals surface area contributed by atoms with Gasteiger partial charge in [-0.1, -0.05) is 35.9 Å². The number of benzene rings is 3. The molecule has 3 heterocycles. The molecule has 4 nitrogen and oxygen atoms in total. The van der Waals surface area contributed by atoms with Gasteiger partial charge in [0.1, 0.15) is 11.3 Å². The highest BCUT2D eigenvalue weighted by Gasteiger charge is 2.38. The predicted molar refractivity (Wildman–Crippen MR) is 124 cm³/mol. The quantitative estimate of drug-likeness (QED) is 0.339. The molecule has 0 radical (unpaired) electrons. The first-order chi connectivity index (χ1) is 15.2. The molecular weight excluding hydrogens is 430 g/mol. The SMILES string of the molecule is O=c1c([C@H]2Sc3ccccc3N=C3c4cc(Cl)ccc4OC[C@H]32)coc2ccccc12. The minimum absolute atomic E-state index is 0.0185. The molecule has 0 amide bonds. The number of fused-ring (bicyclic) bond motifs is 5. The van der Waals surface area contributed by atoms with Gasteiger partial charge in [-0.15, -0.1) is 11.8 Å². The summed E-state index contributed by atoms with van der Waals surface area (Å²) in [6, 6.07) is 20.9. The number of nitrogens with zero attached hydrogens (tertiary/aromatic N) is 1. The molecule has 3 aromatic carbocycles. The van der Waals surface area contributed by atoms with Crippen LogP contribution in [0.15, 0.2) is 92.1 Å². The zero-order chi connectivity index (χ0) is 20.9. The van der Waals surface area contributed by atoms with E-state index in [2.05, 4.69) is 0 Å². The van der Waals surface area contributed by atoms with E-state index in [9.17, 15) is 4.79 Å². The first kappa shape index (κ1) is 18.7. The molecule has 2 atom stereocenters. The Balaban J connectivity index is 1.59. The van der Waals surface area contributed by atoms with Crippen molar-refractivity contribution in [3.63, 3.8) is 0 Å². The Labute approximate surface area is 187 Å². The second kappa shape index (κ2) is 7.29. The summed E-state index contributed by atoms with van der Waals surface area (Å²) in [5.74, 6) is 0.625. The first-order valence-electron chi connectivity index (χ1n) is 9.96. The van der Waals surface area contributed by atoms with E-state index in [0.29, 0.717) is 28.2 Å². The van der Waals surface area contributed by atoms with Crippen molar-refractivity contribution in [1.82, 2.24) is 0 Å². The highest BCUT2D eigenvalue weighted by molar-refractivity contribution is 7.99. The van der Waals surface area contributed by atoms with Crippen molar-refractivity contribution in [3.05, 3.63) is 99.4 Å². The van der Waals surface area contributed by atoms with E-state index in [1.807, 2.05) is 60.7 Å². The summed E-state index contributed by atoms with van der Waals surface area (Å²) in [5, 5.41) is 0.991. The van der Waals surface area contributed by atoms with E-state index < -0.39 is 0 Å². The van der Waals surface area contributed by atoms with Crippen molar-refractivity contribution in [2.24, 2.45) is 10.9 Å². The van der Waals surface area contributed by atoms with Crippen LogP contribution in [0.2, 0.25) is 5.02 Å². The van der Waals surface area contributed by atoms with Crippen LogP contribution in [0.25, 0.3) is 11.0 Å². The van der Waals surface area contributed by atoms with E-state index in [1.54, 1.807) is 24.1 Å². The standard InChI is InChI=1S/C25H16ClNO3S/c26-14-9-10-21-16(11-14)23-17(12-29-21)25(31-22-8-4-2-6-19(22)27-23)18-13-30-20-7-3-1-5-15(20)24(18)28/h1-11,13,17,25H,12H2/t17-,25+/m1/s1. The molecule has 0 saturated heterocycles. The Kier molecular flexibility index (Phi) is 4.40. The molecule has 0 fully saturated rings. The third kappa shape index (κ3) is 3.08. The predicted octanol–water partition coefficient (Wildman–Crippen LogP) is 6.42. The van der Waals surface area contributed by atoms with Crippen LogP contribution in [0, 0.1) is 5.92 Å². The van der Waals surface area contributed by atoms with Gasteiger partial charge < -0.3 is 9.15 Å². The fourth-order valence-electron chi connectivity index (χ4n) is 4.23. The van der Waals surface area contributed by atoms with Crippen molar-refractivity contribution in [1.29, 1.82) is 0 Å². The molecule has 0 unspecified atom stereocenters. The molecule has 0 aliphatic carbocycles. The van der Waals surface area contributed by atoms with Crippen LogP contribution < -0.4 is 10.2 Å². The zero-order valence-corrected chi connectivity index (χ0v) is 17.8. The van der Waals surface area contributed by atoms with Crippen LogP contribution in [0.1, 0.15) is 16.4 Å². The van der Waals surface area contributed by atoms with Crippen LogP contribution in [0.4, 0.5) is 5.69 Å². The number of thioether (sulfide) groups is 1. The second-order valence-electron chi connectivity index (χ2n) is 7.58. The van der Waals surface area contributed by atoms with Gasteiger partial charge in [-0.05, 0) is 42.5 Å². The second-order valence-corrected chi connectivity index (χ2v) is 9.20. The number of halogens is 1. The van der Waals surface area contributed by atoms with Crippen molar-refractivity contribution < 1.29 is 9.15 Å². The van der Waals surface area contributed by atoms with E-state index in [4.69, 9.17) is 25.7 Å². The van der Waals surface area contributed by atoms with E-state index in [0.717, 1.165) is 27.6 Å². The maximum absolute atomic E-state index is 13.5. The Bertz CT molecular complexity index is 1430. The van der Waals surface area contributed by atoms with Crippen LogP contribution in [0.3, 0.4) is 0 Å². The number of hydrogen-bond acceptors (Lipinski definition) is 5.